The number of methoxy groups -OCH3 is 2. The summed E-state index contributed by atoms with van der Waals surface area (Å²) in [6, 6.07) is 22.0. The second kappa shape index (κ2) is 20.1. The van der Waals surface area contributed by atoms with E-state index in [1.54, 1.807) is 39.8 Å². The molecule has 0 aliphatic rings. The van der Waals surface area contributed by atoms with Crippen LogP contribution in [0.4, 0.5) is 56.9 Å². The summed E-state index contributed by atoms with van der Waals surface area (Å²) in [7, 11) is -6.74. The minimum atomic E-state index is -4.74. The number of aliphatic imine (C=N–C) groups is 1. The maximum atomic E-state index is 13.0. The van der Waals surface area contributed by atoms with Crippen LogP contribution in [0.15, 0.2) is 132 Å². The molecule has 0 heterocycles. The number of ether oxygens (including phenoxy) is 2. The molecule has 23 heteroatoms. The lowest BCUT2D eigenvalue weighted by atomic mass is 10.1. The van der Waals surface area contributed by atoms with Gasteiger partial charge in [0.05, 0.1) is 52.4 Å². The van der Waals surface area contributed by atoms with E-state index in [4.69, 9.17) is 20.9 Å². The van der Waals surface area contributed by atoms with Crippen molar-refractivity contribution >= 4 is 94.9 Å². The Morgan fingerprint density at radius 2 is 0.912 bits per heavy atom. The van der Waals surface area contributed by atoms with Crippen molar-refractivity contribution in [1.82, 2.24) is 0 Å². The van der Waals surface area contributed by atoms with Crippen LogP contribution < -0.4 is 36.9 Å². The van der Waals surface area contributed by atoms with Crippen LogP contribution in [0.1, 0.15) is 43.0 Å². The summed E-state index contributed by atoms with van der Waals surface area (Å²) in [5.41, 5.74) is 15.6. The van der Waals surface area contributed by atoms with Crippen molar-refractivity contribution in [2.24, 2.45) is 25.4 Å². The van der Waals surface area contributed by atoms with E-state index in [0.29, 0.717) is 33.6 Å². The number of amides is 2. The third-order valence-electron chi connectivity index (χ3n) is 10.2. The van der Waals surface area contributed by atoms with Gasteiger partial charge in [-0.15, -0.1) is 0 Å². The number of carbonyl (C=O) groups is 2. The van der Waals surface area contributed by atoms with Crippen molar-refractivity contribution < 1.29 is 50.1 Å². The third-order valence-corrected chi connectivity index (χ3v) is 11.8. The number of carbonyl (C=O) groups excluding carboxylic acids is 2. The Labute approximate surface area is 390 Å². The number of nitrogen functional groups attached to an aromatic ring is 2. The monoisotopic (exact) mass is 964 g/mol. The first-order valence-corrected chi connectivity index (χ1v) is 22.8. The van der Waals surface area contributed by atoms with Crippen molar-refractivity contribution in [3.8, 4) is 11.5 Å². The molecule has 10 N–H and O–H groups in total. The number of benzene rings is 6. The summed E-state index contributed by atoms with van der Waals surface area (Å²) in [6.07, 6.45) is 0. The zero-order valence-electron chi connectivity index (χ0n) is 37.1. The average Bonchev–Trinajstić information content (AvgIpc) is 3.27. The molecule has 6 rings (SSSR count). The van der Waals surface area contributed by atoms with Crippen LogP contribution in [0.25, 0.3) is 0 Å². The second-order valence-electron chi connectivity index (χ2n) is 14.9. The molecular weight excluding hydrogens is 921 g/mol. The lowest BCUT2D eigenvalue weighted by Crippen LogP contribution is -2.13. The van der Waals surface area contributed by atoms with Crippen LogP contribution in [0, 0.1) is 27.7 Å². The van der Waals surface area contributed by atoms with Crippen LogP contribution >= 0.6 is 0 Å². The zero-order chi connectivity index (χ0) is 49.7. The van der Waals surface area contributed by atoms with Gasteiger partial charge in [-0.05, 0) is 124 Å². The van der Waals surface area contributed by atoms with Gasteiger partial charge in [0.15, 0.2) is 0 Å². The van der Waals surface area contributed by atoms with Crippen molar-refractivity contribution in [1.29, 1.82) is 0 Å². The van der Waals surface area contributed by atoms with E-state index >= 15 is 0 Å². The first kappa shape index (κ1) is 49.2. The van der Waals surface area contributed by atoms with Crippen molar-refractivity contribution in [2.75, 3.05) is 41.6 Å². The van der Waals surface area contributed by atoms with E-state index in [0.717, 1.165) is 24.3 Å². The topological polar surface area (TPSA) is 332 Å². The molecular formula is C45H44N10O11S2. The van der Waals surface area contributed by atoms with E-state index in [2.05, 4.69) is 41.4 Å². The van der Waals surface area contributed by atoms with Gasteiger partial charge in [-0.25, -0.2) is 0 Å². The summed E-state index contributed by atoms with van der Waals surface area (Å²) < 4.78 is 79.7. The van der Waals surface area contributed by atoms with Gasteiger partial charge in [-0.2, -0.15) is 42.3 Å². The molecule has 0 aromatic heterocycles. The average molecular weight is 965 g/mol. The second-order valence-corrected chi connectivity index (χ2v) is 17.8. The number of aryl methyl sites for hydroxylation is 2. The fraction of sp³-hybridized carbons (Fsp3) is 0.133. The van der Waals surface area contributed by atoms with Crippen LogP contribution in [-0.2, 0) is 20.2 Å². The molecule has 0 atom stereocenters. The normalized spacial score (nSPS) is 12.0. The Balaban J connectivity index is 1.24. The van der Waals surface area contributed by atoms with Gasteiger partial charge in [-0.3, -0.25) is 18.7 Å². The number of nitrogens with zero attached hydrogens (tertiary/aromatic N) is 5. The largest absolute Gasteiger partial charge is 0.494 e. The number of hydrogen-bond acceptors (Lipinski definition) is 15. The smallest absolute Gasteiger partial charge is 0.294 e. The Hall–Kier alpha value is -8.25. The van der Waals surface area contributed by atoms with Gasteiger partial charge in [0.2, 0.25) is 0 Å². The molecule has 0 radical (unpaired) electrons. The molecule has 6 aromatic rings. The predicted molar refractivity (Wildman–Crippen MR) is 257 cm³/mol. The maximum absolute atomic E-state index is 13.0. The molecule has 2 amide bonds. The molecule has 0 aliphatic carbocycles. The molecule has 0 fully saturated rings. The molecule has 0 saturated carbocycles. The molecule has 0 bridgehead atoms. The van der Waals surface area contributed by atoms with E-state index in [1.165, 1.54) is 74.9 Å². The summed E-state index contributed by atoms with van der Waals surface area (Å²) in [5.74, 6) is -0.799. The standard InChI is InChI=1S/C45H44N10O11S2/c1-23-15-39(41(65-5)21-33(23)52-54-37-19-31(67(59,60)61)17-35(25(37)3)48-43(56)27-7-11-29(46)12-8-27)50-45(58)51-40-16-24(2)34(22-42(40)66-6)53-55-38-20-32(68(62,63)64)18-36(26(38)4)49-44(57)28-9-13-30(47)14-10-28/h7-22H,46-47H2,1-6H3,(H,48,56)(H,49,57)(H2,50,51,58)(H,59,60,61)(H,62,63,64). The molecule has 0 spiro atoms. The van der Waals surface area contributed by atoms with E-state index in [1.807, 2.05) is 0 Å². The van der Waals surface area contributed by atoms with Gasteiger partial charge in [0.1, 0.15) is 17.2 Å². The number of rotatable bonds is 14. The number of hydrogen-bond donors (Lipinski definition) is 8. The van der Waals surface area contributed by atoms with Crippen LogP contribution in [-0.4, -0.2) is 63.1 Å². The fourth-order valence-electron chi connectivity index (χ4n) is 6.32. The van der Waals surface area contributed by atoms with E-state index < -0.39 is 47.9 Å². The van der Waals surface area contributed by atoms with Gasteiger partial charge >= 0.3 is 0 Å². The number of amidine groups is 1. The molecule has 0 unspecified atom stereocenters. The Bertz CT molecular complexity index is 3290. The molecule has 0 saturated heterocycles. The highest BCUT2D eigenvalue weighted by molar-refractivity contribution is 7.86. The van der Waals surface area contributed by atoms with Crippen LogP contribution in [0.5, 0.6) is 11.5 Å². The van der Waals surface area contributed by atoms with Gasteiger partial charge in [0.25, 0.3) is 38.1 Å². The number of nitrogens with one attached hydrogen (secondary N) is 3. The van der Waals surface area contributed by atoms with Crippen molar-refractivity contribution in [3.05, 3.63) is 130 Å². The lowest BCUT2D eigenvalue weighted by Gasteiger charge is -2.14. The van der Waals surface area contributed by atoms with Crippen LogP contribution in [0.2, 0.25) is 0 Å². The third kappa shape index (κ3) is 11.8. The number of anilines is 5. The summed E-state index contributed by atoms with van der Waals surface area (Å²) >= 11 is 0. The SMILES string of the molecule is COc1cc(N=Nc2cc(S(=O)(=O)O)cc(NC(=O)c3ccc(N)cc3)c2C)c(C)cc1N=C(O)Nc1cc(C)c(N=Nc2cc(S(=O)(=O)O)cc(NC(=O)c3ccc(N)cc3)c2C)cc1OC. The molecule has 21 nitrogen and oxygen atoms in total. The highest BCUT2D eigenvalue weighted by atomic mass is 32.2. The summed E-state index contributed by atoms with van der Waals surface area (Å²) in [5, 5.41) is 36.2. The number of aliphatic hydroxyl groups is 1. The predicted octanol–water partition coefficient (Wildman–Crippen LogP) is 9.59. The Kier molecular flexibility index (Phi) is 14.5. The highest BCUT2D eigenvalue weighted by Crippen LogP contribution is 2.39. The van der Waals surface area contributed by atoms with E-state index in [-0.39, 0.29) is 68.1 Å². The molecule has 0 aliphatic heterocycles. The molecule has 68 heavy (non-hydrogen) atoms. The summed E-state index contributed by atoms with van der Waals surface area (Å²) in [6.45, 7) is 6.52. The molecule has 6 aromatic carbocycles. The number of aliphatic hydroxyl groups excluding tert-OH is 1. The van der Waals surface area contributed by atoms with Crippen molar-refractivity contribution in [3.63, 3.8) is 0 Å². The first-order chi connectivity index (χ1) is 32.0. The zero-order valence-corrected chi connectivity index (χ0v) is 38.7. The maximum Gasteiger partial charge on any atom is 0.294 e. The van der Waals surface area contributed by atoms with Crippen molar-refractivity contribution in [2.45, 2.75) is 37.5 Å². The Morgan fingerprint density at radius 3 is 1.32 bits per heavy atom. The minimum absolute atomic E-state index is 0.0127. The van der Waals surface area contributed by atoms with Gasteiger partial charge in [0, 0.05) is 57.1 Å². The Morgan fingerprint density at radius 1 is 0.515 bits per heavy atom. The first-order valence-electron chi connectivity index (χ1n) is 19.9. The molecule has 352 valence electrons. The van der Waals surface area contributed by atoms with Gasteiger partial charge < -0.3 is 42.0 Å². The van der Waals surface area contributed by atoms with Gasteiger partial charge in [-0.1, -0.05) is 0 Å². The van der Waals surface area contributed by atoms with Crippen LogP contribution in [0.3, 0.4) is 0 Å². The quantitative estimate of drug-likeness (QED) is 0.0166. The highest BCUT2D eigenvalue weighted by Gasteiger charge is 2.21. The summed E-state index contributed by atoms with van der Waals surface area (Å²) in [4.78, 5) is 29.2. The fourth-order valence-corrected chi connectivity index (χ4v) is 7.37. The van der Waals surface area contributed by atoms with E-state index in [9.17, 15) is 40.6 Å². The number of nitrogens with two attached hydrogens (primary N) is 2. The number of azo groups is 2. The lowest BCUT2D eigenvalue weighted by molar-refractivity contribution is 0.101. The minimum Gasteiger partial charge on any atom is -0.494 e.